The highest BCUT2D eigenvalue weighted by molar-refractivity contribution is 7.95. The molecule has 0 amide bonds. The highest BCUT2D eigenvalue weighted by Gasteiger charge is 2.45. The molecule has 160 valence electrons. The maximum Gasteiger partial charge on any atom is 0.116 e. The Morgan fingerprint density at radius 3 is 1.30 bits per heavy atom. The number of rotatable bonds is 6. The Morgan fingerprint density at radius 2 is 0.818 bits per heavy atom. The average Bonchev–Trinajstić information content (AvgIpc) is 2.89. The van der Waals surface area contributed by atoms with E-state index >= 15 is 0 Å². The molecule has 0 aliphatic rings. The lowest BCUT2D eigenvalue weighted by molar-refractivity contribution is 1.36. The molecule has 0 N–H and O–H groups in total. The monoisotopic (exact) mass is 443 g/mol. The molecule has 5 aromatic rings. The topological polar surface area (TPSA) is 0 Å². The molecule has 0 heterocycles. The van der Waals surface area contributed by atoms with Gasteiger partial charge in [0.1, 0.15) is 23.2 Å². The van der Waals surface area contributed by atoms with E-state index in [0.717, 1.165) is 6.16 Å². The number of hydrogen-bond acceptors (Lipinski definition) is 0. The Bertz CT molecular complexity index is 1230. The van der Waals surface area contributed by atoms with Gasteiger partial charge in [-0.1, -0.05) is 103 Å². The van der Waals surface area contributed by atoms with Gasteiger partial charge in [-0.15, -0.1) is 0 Å². The summed E-state index contributed by atoms with van der Waals surface area (Å²) in [7, 11) is -1.94. The summed E-state index contributed by atoms with van der Waals surface area (Å²) < 4.78 is 0. The standard InChI is InChI=1S/C32H28P/c1-26-15-11-13-23-31(26)32-24-14-12-16-27(32)25-33(28-17-5-2-6-18-28,29-19-7-3-8-20-29)30-21-9-4-10-22-30/h2-24H,25H2,1H3/q+1. The summed E-state index contributed by atoms with van der Waals surface area (Å²) >= 11 is 0. The van der Waals surface area contributed by atoms with Crippen LogP contribution in [0.5, 0.6) is 0 Å². The van der Waals surface area contributed by atoms with Crippen LogP contribution in [0.15, 0.2) is 140 Å². The third-order valence-electron chi connectivity index (χ3n) is 6.45. The van der Waals surface area contributed by atoms with Gasteiger partial charge in [-0.25, -0.2) is 0 Å². The zero-order chi connectivity index (χ0) is 22.5. The predicted molar refractivity (Wildman–Crippen MR) is 145 cm³/mol. The van der Waals surface area contributed by atoms with Gasteiger partial charge < -0.3 is 0 Å². The first-order chi connectivity index (χ1) is 16.3. The van der Waals surface area contributed by atoms with Crippen molar-refractivity contribution < 1.29 is 0 Å². The number of hydrogen-bond donors (Lipinski definition) is 0. The van der Waals surface area contributed by atoms with Gasteiger partial charge in [-0.3, -0.25) is 0 Å². The van der Waals surface area contributed by atoms with Gasteiger partial charge in [-0.05, 0) is 65.6 Å². The second-order valence-corrected chi connectivity index (χ2v) is 11.9. The van der Waals surface area contributed by atoms with Crippen LogP contribution in [0.2, 0.25) is 0 Å². The summed E-state index contributed by atoms with van der Waals surface area (Å²) in [5, 5.41) is 4.26. The van der Waals surface area contributed by atoms with Crippen LogP contribution in [-0.4, -0.2) is 0 Å². The molecule has 0 nitrogen and oxygen atoms in total. The maximum atomic E-state index is 2.32. The van der Waals surface area contributed by atoms with Gasteiger partial charge in [-0.2, -0.15) is 0 Å². The molecule has 0 unspecified atom stereocenters. The molecule has 0 aliphatic carbocycles. The molecular formula is C32H28P+. The van der Waals surface area contributed by atoms with E-state index < -0.39 is 7.26 Å². The molecule has 0 aliphatic heterocycles. The lowest BCUT2D eigenvalue weighted by Gasteiger charge is -2.28. The quantitative estimate of drug-likeness (QED) is 0.244. The maximum absolute atomic E-state index is 2.32. The highest BCUT2D eigenvalue weighted by atomic mass is 31.2. The SMILES string of the molecule is Cc1ccccc1-c1ccccc1C[P+](c1ccccc1)(c1ccccc1)c1ccccc1. The van der Waals surface area contributed by atoms with Crippen molar-refractivity contribution in [2.24, 2.45) is 0 Å². The lowest BCUT2D eigenvalue weighted by atomic mass is 9.97. The summed E-state index contributed by atoms with van der Waals surface area (Å²) in [6.07, 6.45) is 0.982. The molecule has 0 fully saturated rings. The molecule has 5 rings (SSSR count). The Hall–Kier alpha value is -3.47. The minimum Gasteiger partial charge on any atom is -0.0620 e. The van der Waals surface area contributed by atoms with Crippen LogP contribution in [0.3, 0.4) is 0 Å². The van der Waals surface area contributed by atoms with E-state index in [9.17, 15) is 0 Å². The minimum absolute atomic E-state index is 0.982. The van der Waals surface area contributed by atoms with Gasteiger partial charge in [0.15, 0.2) is 0 Å². The summed E-state index contributed by atoms with van der Waals surface area (Å²) in [6, 6.07) is 51.1. The third-order valence-corrected chi connectivity index (χ3v) is 10.8. The molecule has 33 heavy (non-hydrogen) atoms. The summed E-state index contributed by atoms with van der Waals surface area (Å²) in [5.41, 5.74) is 5.37. The minimum atomic E-state index is -1.94. The van der Waals surface area contributed by atoms with Gasteiger partial charge in [0.25, 0.3) is 0 Å². The Labute approximate surface area is 197 Å². The van der Waals surface area contributed by atoms with Crippen molar-refractivity contribution in [1.82, 2.24) is 0 Å². The van der Waals surface area contributed by atoms with Crippen molar-refractivity contribution in [3.8, 4) is 11.1 Å². The Morgan fingerprint density at radius 1 is 0.424 bits per heavy atom. The molecule has 5 aromatic carbocycles. The first-order valence-corrected chi connectivity index (χ1v) is 13.5. The van der Waals surface area contributed by atoms with E-state index in [1.807, 2.05) is 0 Å². The summed E-state index contributed by atoms with van der Waals surface area (Å²) in [5.74, 6) is 0. The first-order valence-electron chi connectivity index (χ1n) is 11.5. The first kappa shape index (κ1) is 21.4. The van der Waals surface area contributed by atoms with E-state index in [1.165, 1.54) is 38.2 Å². The fourth-order valence-corrected chi connectivity index (χ4v) is 9.09. The molecule has 1 heteroatoms. The van der Waals surface area contributed by atoms with Crippen LogP contribution in [-0.2, 0) is 6.16 Å². The van der Waals surface area contributed by atoms with Crippen molar-refractivity contribution in [1.29, 1.82) is 0 Å². The van der Waals surface area contributed by atoms with E-state index in [2.05, 4.69) is 146 Å². The smallest absolute Gasteiger partial charge is 0.0620 e. The molecule has 0 saturated heterocycles. The molecule has 0 spiro atoms. The van der Waals surface area contributed by atoms with Crippen molar-refractivity contribution in [3.63, 3.8) is 0 Å². The van der Waals surface area contributed by atoms with E-state index in [1.54, 1.807) is 0 Å². The fourth-order valence-electron chi connectivity index (χ4n) is 4.82. The third kappa shape index (κ3) is 4.15. The molecule has 0 saturated carbocycles. The van der Waals surface area contributed by atoms with Crippen LogP contribution >= 0.6 is 7.26 Å². The van der Waals surface area contributed by atoms with Crippen molar-refractivity contribution >= 4 is 23.2 Å². The molecular weight excluding hydrogens is 415 g/mol. The zero-order valence-electron chi connectivity index (χ0n) is 18.9. The number of aryl methyl sites for hydroxylation is 1. The van der Waals surface area contributed by atoms with Gasteiger partial charge in [0.2, 0.25) is 0 Å². The van der Waals surface area contributed by atoms with Crippen LogP contribution < -0.4 is 15.9 Å². The van der Waals surface area contributed by atoms with Gasteiger partial charge >= 0.3 is 0 Å². The van der Waals surface area contributed by atoms with Crippen molar-refractivity contribution in [2.75, 3.05) is 0 Å². The van der Waals surface area contributed by atoms with Crippen molar-refractivity contribution in [3.05, 3.63) is 151 Å². The van der Waals surface area contributed by atoms with Gasteiger partial charge in [0.05, 0.1) is 6.16 Å². The molecule has 0 aromatic heterocycles. The van der Waals surface area contributed by atoms with E-state index in [-0.39, 0.29) is 0 Å². The second-order valence-electron chi connectivity index (χ2n) is 8.45. The highest BCUT2D eigenvalue weighted by Crippen LogP contribution is 2.58. The predicted octanol–water partition coefficient (Wildman–Crippen LogP) is 7.16. The Kier molecular flexibility index (Phi) is 6.20. The van der Waals surface area contributed by atoms with E-state index in [4.69, 9.17) is 0 Å². The van der Waals surface area contributed by atoms with Gasteiger partial charge in [0, 0.05) is 0 Å². The van der Waals surface area contributed by atoms with Crippen LogP contribution in [0.25, 0.3) is 11.1 Å². The average molecular weight is 444 g/mol. The van der Waals surface area contributed by atoms with Crippen LogP contribution in [0.1, 0.15) is 11.1 Å². The normalized spacial score (nSPS) is 11.3. The second kappa shape index (κ2) is 9.57. The molecule has 0 atom stereocenters. The van der Waals surface area contributed by atoms with Crippen LogP contribution in [0.4, 0.5) is 0 Å². The van der Waals surface area contributed by atoms with Crippen LogP contribution in [0, 0.1) is 6.92 Å². The molecule has 0 bridgehead atoms. The zero-order valence-corrected chi connectivity index (χ0v) is 19.8. The largest absolute Gasteiger partial charge is 0.116 e. The fraction of sp³-hybridized carbons (Fsp3) is 0.0625. The lowest BCUT2D eigenvalue weighted by Crippen LogP contribution is -2.32. The summed E-state index contributed by atoms with van der Waals surface area (Å²) in [6.45, 7) is 2.21. The van der Waals surface area contributed by atoms with Crippen molar-refractivity contribution in [2.45, 2.75) is 13.1 Å². The molecule has 0 radical (unpaired) electrons. The van der Waals surface area contributed by atoms with E-state index in [0.29, 0.717) is 0 Å². The Balaban J connectivity index is 1.78. The summed E-state index contributed by atoms with van der Waals surface area (Å²) in [4.78, 5) is 0. The number of benzene rings is 5.